The molecular formula is C26H50O2. The highest BCUT2D eigenvalue weighted by molar-refractivity contribution is 5.74. The molecule has 0 saturated carbocycles. The van der Waals surface area contributed by atoms with E-state index in [1.807, 2.05) is 0 Å². The first-order valence-electron chi connectivity index (χ1n) is 12.4. The minimum Gasteiger partial charge on any atom is -0.465 e. The Balaban J connectivity index is 4.30. The molecule has 0 heterocycles. The van der Waals surface area contributed by atoms with Crippen molar-refractivity contribution >= 4 is 5.97 Å². The van der Waals surface area contributed by atoms with Crippen molar-refractivity contribution in [2.75, 3.05) is 6.61 Å². The number of allylic oxidation sites excluding steroid dienone is 1. The SMILES string of the molecule is CCCCCCCCCCC(/C=C\C(C)CCCCCC)C(=O)OCC(C)C. The minimum absolute atomic E-state index is 0.0221. The molecule has 0 N–H and O–H groups in total. The van der Waals surface area contributed by atoms with E-state index in [0.29, 0.717) is 18.4 Å². The Kier molecular flexibility index (Phi) is 19.0. The molecule has 0 radical (unpaired) electrons. The molecule has 0 fully saturated rings. The third kappa shape index (κ3) is 17.3. The van der Waals surface area contributed by atoms with E-state index >= 15 is 0 Å². The molecule has 2 heteroatoms. The van der Waals surface area contributed by atoms with Gasteiger partial charge in [-0.3, -0.25) is 4.79 Å². The molecular weight excluding hydrogens is 344 g/mol. The minimum atomic E-state index is -0.0584. The maximum atomic E-state index is 12.5. The third-order valence-electron chi connectivity index (χ3n) is 5.42. The Bertz CT molecular complexity index is 373. The lowest BCUT2D eigenvalue weighted by atomic mass is 9.96. The van der Waals surface area contributed by atoms with Crippen LogP contribution in [0, 0.1) is 17.8 Å². The zero-order chi connectivity index (χ0) is 21.0. The normalized spacial score (nSPS) is 13.9. The van der Waals surface area contributed by atoms with Gasteiger partial charge in [0.15, 0.2) is 0 Å². The lowest BCUT2D eigenvalue weighted by molar-refractivity contribution is -0.148. The number of unbranched alkanes of at least 4 members (excludes halogenated alkanes) is 10. The van der Waals surface area contributed by atoms with Crippen molar-refractivity contribution in [2.45, 2.75) is 125 Å². The van der Waals surface area contributed by atoms with Crippen molar-refractivity contribution in [3.8, 4) is 0 Å². The number of carbonyl (C=O) groups excluding carboxylic acids is 1. The summed E-state index contributed by atoms with van der Waals surface area (Å²) in [6.07, 6.45) is 22.2. The van der Waals surface area contributed by atoms with E-state index in [2.05, 4.69) is 46.8 Å². The van der Waals surface area contributed by atoms with E-state index in [-0.39, 0.29) is 11.9 Å². The highest BCUT2D eigenvalue weighted by atomic mass is 16.5. The molecule has 0 aromatic carbocycles. The van der Waals surface area contributed by atoms with Gasteiger partial charge in [0.1, 0.15) is 0 Å². The van der Waals surface area contributed by atoms with Crippen LogP contribution < -0.4 is 0 Å². The maximum absolute atomic E-state index is 12.5. The fourth-order valence-electron chi connectivity index (χ4n) is 3.46. The van der Waals surface area contributed by atoms with Crippen molar-refractivity contribution < 1.29 is 9.53 Å². The fraction of sp³-hybridized carbons (Fsp3) is 0.885. The van der Waals surface area contributed by atoms with Crippen LogP contribution in [0.15, 0.2) is 12.2 Å². The molecule has 2 unspecified atom stereocenters. The van der Waals surface area contributed by atoms with Gasteiger partial charge in [-0.05, 0) is 24.7 Å². The van der Waals surface area contributed by atoms with Gasteiger partial charge in [-0.2, -0.15) is 0 Å². The number of rotatable bonds is 19. The maximum Gasteiger partial charge on any atom is 0.312 e. The highest BCUT2D eigenvalue weighted by Crippen LogP contribution is 2.19. The van der Waals surface area contributed by atoms with Crippen LogP contribution in [-0.2, 0) is 9.53 Å². The fourth-order valence-corrected chi connectivity index (χ4v) is 3.46. The Labute approximate surface area is 176 Å². The zero-order valence-corrected chi connectivity index (χ0v) is 19.8. The van der Waals surface area contributed by atoms with Crippen LogP contribution in [0.5, 0.6) is 0 Å². The summed E-state index contributed by atoms with van der Waals surface area (Å²) < 4.78 is 5.54. The molecule has 2 nitrogen and oxygen atoms in total. The second-order valence-corrected chi connectivity index (χ2v) is 9.11. The number of carbonyl (C=O) groups is 1. The topological polar surface area (TPSA) is 26.3 Å². The van der Waals surface area contributed by atoms with E-state index in [1.165, 1.54) is 77.0 Å². The van der Waals surface area contributed by atoms with Gasteiger partial charge in [0.05, 0.1) is 12.5 Å². The molecule has 0 aliphatic carbocycles. The van der Waals surface area contributed by atoms with Crippen LogP contribution in [0.1, 0.15) is 125 Å². The van der Waals surface area contributed by atoms with Crippen molar-refractivity contribution in [3.63, 3.8) is 0 Å². The van der Waals surface area contributed by atoms with Gasteiger partial charge in [0.25, 0.3) is 0 Å². The third-order valence-corrected chi connectivity index (χ3v) is 5.42. The summed E-state index contributed by atoms with van der Waals surface area (Å²) in [5.41, 5.74) is 0. The lowest BCUT2D eigenvalue weighted by Gasteiger charge is -2.15. The van der Waals surface area contributed by atoms with Gasteiger partial charge in [-0.15, -0.1) is 0 Å². The van der Waals surface area contributed by atoms with Crippen LogP contribution in [0.2, 0.25) is 0 Å². The van der Waals surface area contributed by atoms with Crippen molar-refractivity contribution in [3.05, 3.63) is 12.2 Å². The average Bonchev–Trinajstić information content (AvgIpc) is 2.67. The van der Waals surface area contributed by atoms with Gasteiger partial charge in [0, 0.05) is 0 Å². The van der Waals surface area contributed by atoms with Crippen LogP contribution in [0.4, 0.5) is 0 Å². The van der Waals surface area contributed by atoms with Crippen molar-refractivity contribution in [2.24, 2.45) is 17.8 Å². The van der Waals surface area contributed by atoms with Gasteiger partial charge >= 0.3 is 5.97 Å². The van der Waals surface area contributed by atoms with Gasteiger partial charge in [-0.25, -0.2) is 0 Å². The van der Waals surface area contributed by atoms with Gasteiger partial charge in [0.2, 0.25) is 0 Å². The quantitative estimate of drug-likeness (QED) is 0.125. The number of hydrogen-bond acceptors (Lipinski definition) is 2. The predicted octanol–water partition coefficient (Wildman–Crippen LogP) is 8.50. The summed E-state index contributed by atoms with van der Waals surface area (Å²) >= 11 is 0. The number of hydrogen-bond donors (Lipinski definition) is 0. The standard InChI is InChI=1S/C26H50O2/c1-6-8-10-12-13-14-15-17-19-25(26(27)28-22-23(3)4)21-20-24(5)18-16-11-9-7-2/h20-21,23-25H,6-19,22H2,1-5H3/b21-20-. The van der Waals surface area contributed by atoms with Crippen molar-refractivity contribution in [1.29, 1.82) is 0 Å². The Morgan fingerprint density at radius 2 is 1.21 bits per heavy atom. The first-order valence-corrected chi connectivity index (χ1v) is 12.4. The summed E-state index contributed by atoms with van der Waals surface area (Å²) in [4.78, 5) is 12.5. The smallest absolute Gasteiger partial charge is 0.312 e. The second kappa shape index (κ2) is 19.5. The summed E-state index contributed by atoms with van der Waals surface area (Å²) in [7, 11) is 0. The summed E-state index contributed by atoms with van der Waals surface area (Å²) in [5.74, 6) is 0.869. The zero-order valence-electron chi connectivity index (χ0n) is 19.8. The summed E-state index contributed by atoms with van der Waals surface area (Å²) in [6.45, 7) is 11.5. The van der Waals surface area contributed by atoms with E-state index < -0.39 is 0 Å². The molecule has 0 rings (SSSR count). The summed E-state index contributed by atoms with van der Waals surface area (Å²) in [5, 5.41) is 0. The van der Waals surface area contributed by atoms with Crippen LogP contribution in [-0.4, -0.2) is 12.6 Å². The van der Waals surface area contributed by atoms with Gasteiger partial charge < -0.3 is 4.74 Å². The molecule has 166 valence electrons. The molecule has 2 atom stereocenters. The molecule has 0 bridgehead atoms. The Morgan fingerprint density at radius 3 is 1.79 bits per heavy atom. The molecule has 0 aliphatic heterocycles. The monoisotopic (exact) mass is 394 g/mol. The van der Waals surface area contributed by atoms with E-state index in [4.69, 9.17) is 4.74 Å². The molecule has 0 amide bonds. The van der Waals surface area contributed by atoms with E-state index in [0.717, 1.165) is 12.8 Å². The molecule has 0 aliphatic rings. The number of ether oxygens (including phenoxy) is 1. The van der Waals surface area contributed by atoms with Crippen molar-refractivity contribution in [1.82, 2.24) is 0 Å². The molecule has 0 aromatic rings. The number of esters is 1. The molecule has 0 saturated heterocycles. The predicted molar refractivity (Wildman–Crippen MR) is 124 cm³/mol. The van der Waals surface area contributed by atoms with E-state index in [9.17, 15) is 4.79 Å². The Hall–Kier alpha value is -0.790. The Morgan fingerprint density at radius 1 is 0.714 bits per heavy atom. The van der Waals surface area contributed by atoms with Crippen LogP contribution in [0.3, 0.4) is 0 Å². The first-order chi connectivity index (χ1) is 13.5. The first kappa shape index (κ1) is 27.2. The van der Waals surface area contributed by atoms with E-state index in [1.54, 1.807) is 0 Å². The molecule has 0 aromatic heterocycles. The van der Waals surface area contributed by atoms with Crippen LogP contribution >= 0.6 is 0 Å². The summed E-state index contributed by atoms with van der Waals surface area (Å²) in [6, 6.07) is 0. The average molecular weight is 395 g/mol. The molecule has 28 heavy (non-hydrogen) atoms. The highest BCUT2D eigenvalue weighted by Gasteiger charge is 2.17. The second-order valence-electron chi connectivity index (χ2n) is 9.11. The van der Waals surface area contributed by atoms with Crippen LogP contribution in [0.25, 0.3) is 0 Å². The van der Waals surface area contributed by atoms with Gasteiger partial charge in [-0.1, -0.05) is 124 Å². The molecule has 0 spiro atoms. The lowest BCUT2D eigenvalue weighted by Crippen LogP contribution is -2.18. The largest absolute Gasteiger partial charge is 0.465 e.